The lowest BCUT2D eigenvalue weighted by Gasteiger charge is -2.28. The lowest BCUT2D eigenvalue weighted by molar-refractivity contribution is -0.138. The van der Waals surface area contributed by atoms with Gasteiger partial charge in [0.25, 0.3) is 5.91 Å². The van der Waals surface area contributed by atoms with Gasteiger partial charge in [-0.15, -0.1) is 11.3 Å². The molecule has 178 valence electrons. The van der Waals surface area contributed by atoms with Gasteiger partial charge in [-0.3, -0.25) is 14.6 Å². The molecule has 4 heterocycles. The van der Waals surface area contributed by atoms with Crippen molar-refractivity contribution >= 4 is 45.0 Å². The van der Waals surface area contributed by atoms with Crippen molar-refractivity contribution in [2.45, 2.75) is 58.1 Å². The van der Waals surface area contributed by atoms with Crippen LogP contribution in [0.25, 0.3) is 21.3 Å². The maximum absolute atomic E-state index is 13.1. The van der Waals surface area contributed by atoms with Crippen LogP contribution in [0.2, 0.25) is 5.02 Å². The second-order valence-electron chi connectivity index (χ2n) is 9.02. The molecule has 3 aromatic rings. The van der Waals surface area contributed by atoms with Gasteiger partial charge in [0.15, 0.2) is 6.10 Å². The van der Waals surface area contributed by atoms with Gasteiger partial charge in [-0.05, 0) is 49.9 Å². The van der Waals surface area contributed by atoms with Crippen LogP contribution in [0.4, 0.5) is 0 Å². The molecule has 0 spiro atoms. The molecule has 0 radical (unpaired) electrons. The van der Waals surface area contributed by atoms with E-state index in [1.165, 1.54) is 13.3 Å². The summed E-state index contributed by atoms with van der Waals surface area (Å²) in [6, 6.07) is 7.77. The monoisotopic (exact) mass is 497 g/mol. The smallest absolute Gasteiger partial charge is 0.263 e. The number of hydrogen-bond acceptors (Lipinski definition) is 5. The van der Waals surface area contributed by atoms with Crippen LogP contribution in [0.1, 0.15) is 56.0 Å². The SMILES string of the molecule is CCC(NC(C)=O)c1cc2nccc(-c3cc(Cl)cc4c3OC(C(=O)N3CCCCC3)C4)c2s1. The van der Waals surface area contributed by atoms with Gasteiger partial charge in [0.2, 0.25) is 5.91 Å². The molecule has 5 rings (SSSR count). The molecule has 2 aliphatic heterocycles. The molecule has 0 bridgehead atoms. The standard InChI is InChI=1S/C26H28ClN3O3S/c1-3-20(29-15(2)31)23-14-21-25(34-23)18(7-8-28-21)19-13-17(27)11-16-12-22(33-24(16)19)26(32)30-9-5-4-6-10-30/h7-8,11,13-14,20,22H,3-6,9-10,12H2,1-2H3,(H,29,31). The number of carbonyl (C=O) groups is 2. The van der Waals surface area contributed by atoms with Crippen molar-refractivity contribution in [1.82, 2.24) is 15.2 Å². The zero-order chi connectivity index (χ0) is 23.8. The zero-order valence-electron chi connectivity index (χ0n) is 19.4. The minimum absolute atomic E-state index is 0.0528. The van der Waals surface area contributed by atoms with E-state index in [-0.39, 0.29) is 17.9 Å². The summed E-state index contributed by atoms with van der Waals surface area (Å²) in [7, 11) is 0. The Labute approximate surface area is 208 Å². The highest BCUT2D eigenvalue weighted by atomic mass is 35.5. The van der Waals surface area contributed by atoms with Crippen LogP contribution in [-0.4, -0.2) is 40.9 Å². The number of nitrogens with one attached hydrogen (secondary N) is 1. The Morgan fingerprint density at radius 1 is 1.24 bits per heavy atom. The van der Waals surface area contributed by atoms with E-state index in [4.69, 9.17) is 16.3 Å². The number of hydrogen-bond donors (Lipinski definition) is 1. The third kappa shape index (κ3) is 4.39. The topological polar surface area (TPSA) is 71.5 Å². The van der Waals surface area contributed by atoms with Crippen LogP contribution in [0.5, 0.6) is 5.75 Å². The fourth-order valence-corrected chi connectivity index (χ4v) is 6.46. The van der Waals surface area contributed by atoms with Crippen molar-refractivity contribution in [3.63, 3.8) is 0 Å². The van der Waals surface area contributed by atoms with Crippen LogP contribution in [0, 0.1) is 0 Å². The van der Waals surface area contributed by atoms with Gasteiger partial charge in [0.05, 0.1) is 16.3 Å². The molecule has 2 unspecified atom stereocenters. The van der Waals surface area contributed by atoms with Crippen molar-refractivity contribution in [1.29, 1.82) is 0 Å². The maximum atomic E-state index is 13.1. The van der Waals surface area contributed by atoms with Gasteiger partial charge in [-0.2, -0.15) is 0 Å². The molecule has 2 aliphatic rings. The Balaban J connectivity index is 1.52. The van der Waals surface area contributed by atoms with Crippen molar-refractivity contribution in [3.8, 4) is 16.9 Å². The number of benzene rings is 1. The number of nitrogens with zero attached hydrogens (tertiary/aromatic N) is 2. The van der Waals surface area contributed by atoms with E-state index in [0.29, 0.717) is 11.4 Å². The third-order valence-electron chi connectivity index (χ3n) is 6.59. The summed E-state index contributed by atoms with van der Waals surface area (Å²) in [5.41, 5.74) is 3.69. The Morgan fingerprint density at radius 2 is 2.03 bits per heavy atom. The minimum atomic E-state index is -0.509. The summed E-state index contributed by atoms with van der Waals surface area (Å²) in [4.78, 5) is 32.4. The summed E-state index contributed by atoms with van der Waals surface area (Å²) in [5.74, 6) is 0.747. The van der Waals surface area contributed by atoms with E-state index in [1.54, 1.807) is 17.5 Å². The average Bonchev–Trinajstić information content (AvgIpc) is 3.46. The third-order valence-corrected chi connectivity index (χ3v) is 8.08. The molecule has 34 heavy (non-hydrogen) atoms. The molecule has 1 saturated heterocycles. The van der Waals surface area contributed by atoms with E-state index in [9.17, 15) is 9.59 Å². The largest absolute Gasteiger partial charge is 0.479 e. The first-order chi connectivity index (χ1) is 16.4. The number of aromatic nitrogens is 1. The van der Waals surface area contributed by atoms with Crippen molar-refractivity contribution in [2.24, 2.45) is 0 Å². The van der Waals surface area contributed by atoms with E-state index in [1.807, 2.05) is 29.2 Å². The molecule has 1 N–H and O–H groups in total. The predicted molar refractivity (Wildman–Crippen MR) is 135 cm³/mol. The highest BCUT2D eigenvalue weighted by Gasteiger charge is 2.35. The van der Waals surface area contributed by atoms with Crippen LogP contribution >= 0.6 is 22.9 Å². The first-order valence-electron chi connectivity index (χ1n) is 11.9. The molecular formula is C26H28ClN3O3S. The Bertz CT molecular complexity index is 1250. The Morgan fingerprint density at radius 3 is 2.76 bits per heavy atom. The molecule has 8 heteroatoms. The first kappa shape index (κ1) is 23.1. The summed E-state index contributed by atoms with van der Waals surface area (Å²) in [5, 5.41) is 3.64. The van der Waals surface area contributed by atoms with Gasteiger partial charge >= 0.3 is 0 Å². The summed E-state index contributed by atoms with van der Waals surface area (Å²) in [6.45, 7) is 5.20. The van der Waals surface area contributed by atoms with Gasteiger partial charge in [0, 0.05) is 59.2 Å². The number of carbonyl (C=O) groups excluding carboxylic acids is 2. The van der Waals surface area contributed by atoms with E-state index in [0.717, 1.165) is 69.9 Å². The highest BCUT2D eigenvalue weighted by molar-refractivity contribution is 7.19. The number of fused-ring (bicyclic) bond motifs is 2. The van der Waals surface area contributed by atoms with Crippen LogP contribution in [-0.2, 0) is 16.0 Å². The Hall–Kier alpha value is -2.64. The van der Waals surface area contributed by atoms with Gasteiger partial charge in [0.1, 0.15) is 5.75 Å². The van der Waals surface area contributed by atoms with E-state index >= 15 is 0 Å². The van der Waals surface area contributed by atoms with Gasteiger partial charge in [-0.25, -0.2) is 0 Å². The van der Waals surface area contributed by atoms with Crippen molar-refractivity contribution in [2.75, 3.05) is 13.1 Å². The second kappa shape index (κ2) is 9.55. The first-order valence-corrected chi connectivity index (χ1v) is 13.1. The highest BCUT2D eigenvalue weighted by Crippen LogP contribution is 2.45. The van der Waals surface area contributed by atoms with Crippen LogP contribution < -0.4 is 10.1 Å². The predicted octanol–water partition coefficient (Wildman–Crippen LogP) is 5.52. The van der Waals surface area contributed by atoms with E-state index < -0.39 is 6.10 Å². The maximum Gasteiger partial charge on any atom is 0.263 e. The molecule has 2 aromatic heterocycles. The average molecular weight is 498 g/mol. The fraction of sp³-hybridized carbons (Fsp3) is 0.423. The molecule has 1 aromatic carbocycles. The lowest BCUT2D eigenvalue weighted by Crippen LogP contribution is -2.43. The van der Waals surface area contributed by atoms with E-state index in [2.05, 4.69) is 17.2 Å². The number of piperidine rings is 1. The fourth-order valence-electron chi connectivity index (χ4n) is 4.94. The number of thiophene rings is 1. The second-order valence-corrected chi connectivity index (χ2v) is 10.5. The van der Waals surface area contributed by atoms with Crippen LogP contribution in [0.3, 0.4) is 0 Å². The molecule has 0 aliphatic carbocycles. The number of pyridine rings is 1. The minimum Gasteiger partial charge on any atom is -0.479 e. The van der Waals surface area contributed by atoms with Gasteiger partial charge in [-0.1, -0.05) is 18.5 Å². The number of halogens is 1. The summed E-state index contributed by atoms with van der Waals surface area (Å²) in [6.07, 6.45) is 5.87. The molecule has 6 nitrogen and oxygen atoms in total. The van der Waals surface area contributed by atoms with Crippen molar-refractivity contribution in [3.05, 3.63) is 45.9 Å². The number of ether oxygens (including phenoxy) is 1. The normalized spacial score (nSPS) is 18.4. The molecule has 2 amide bonds. The molecule has 0 saturated carbocycles. The number of likely N-dealkylation sites (tertiary alicyclic amines) is 1. The zero-order valence-corrected chi connectivity index (χ0v) is 21.0. The number of rotatable bonds is 5. The molecule has 1 fully saturated rings. The Kier molecular flexibility index (Phi) is 6.49. The van der Waals surface area contributed by atoms with Gasteiger partial charge < -0.3 is 15.0 Å². The summed E-state index contributed by atoms with van der Waals surface area (Å²) < 4.78 is 7.33. The molecular weight excluding hydrogens is 470 g/mol. The quantitative estimate of drug-likeness (QED) is 0.503. The summed E-state index contributed by atoms with van der Waals surface area (Å²) >= 11 is 8.15. The lowest BCUT2D eigenvalue weighted by atomic mass is 10.0. The number of amides is 2. The molecule has 2 atom stereocenters. The van der Waals surface area contributed by atoms with Crippen LogP contribution in [0.15, 0.2) is 30.5 Å². The van der Waals surface area contributed by atoms with Crippen molar-refractivity contribution < 1.29 is 14.3 Å².